The number of hydrogen-bond donors (Lipinski definition) is 2. The highest BCUT2D eigenvalue weighted by atomic mass is 16.1. The number of benzene rings is 1. The Morgan fingerprint density at radius 1 is 1.33 bits per heavy atom. The number of aryl methyl sites for hydroxylation is 2. The standard InChI is InChI=1S/C15H22N2O/c1-10-4-5-13(8-12(10)3)15(18)17-14-9-16-7-6-11(14)2/h4-5,8,11,14,16H,6-7,9H2,1-3H3,(H,17,18)/t11-,14-/m0/s1. The lowest BCUT2D eigenvalue weighted by molar-refractivity contribution is 0.0915. The first-order chi connectivity index (χ1) is 8.58. The molecule has 0 aromatic heterocycles. The van der Waals surface area contributed by atoms with Crippen LogP contribution < -0.4 is 10.6 Å². The molecular formula is C15H22N2O. The lowest BCUT2D eigenvalue weighted by Gasteiger charge is -2.30. The number of piperidine rings is 1. The van der Waals surface area contributed by atoms with E-state index in [1.807, 2.05) is 25.1 Å². The summed E-state index contributed by atoms with van der Waals surface area (Å²) in [6.45, 7) is 8.22. The van der Waals surface area contributed by atoms with Crippen LogP contribution in [0, 0.1) is 19.8 Å². The third-order valence-electron chi connectivity index (χ3n) is 3.91. The summed E-state index contributed by atoms with van der Waals surface area (Å²) in [6.07, 6.45) is 1.12. The first kappa shape index (κ1) is 13.1. The fourth-order valence-electron chi connectivity index (χ4n) is 2.32. The van der Waals surface area contributed by atoms with Crippen LogP contribution in [-0.4, -0.2) is 25.0 Å². The fraction of sp³-hybridized carbons (Fsp3) is 0.533. The Hall–Kier alpha value is -1.35. The molecule has 3 heteroatoms. The molecule has 1 saturated heterocycles. The Labute approximate surface area is 109 Å². The molecule has 2 N–H and O–H groups in total. The van der Waals surface area contributed by atoms with Gasteiger partial charge < -0.3 is 10.6 Å². The molecule has 2 atom stereocenters. The van der Waals surface area contributed by atoms with Crippen LogP contribution in [0.15, 0.2) is 18.2 Å². The van der Waals surface area contributed by atoms with Gasteiger partial charge in [0.1, 0.15) is 0 Å². The first-order valence-corrected chi connectivity index (χ1v) is 6.67. The van der Waals surface area contributed by atoms with Gasteiger partial charge in [0.15, 0.2) is 0 Å². The van der Waals surface area contributed by atoms with Crippen LogP contribution in [0.25, 0.3) is 0 Å². The lowest BCUT2D eigenvalue weighted by Crippen LogP contribution is -2.50. The van der Waals surface area contributed by atoms with Gasteiger partial charge in [0.2, 0.25) is 0 Å². The van der Waals surface area contributed by atoms with Crippen molar-refractivity contribution in [3.05, 3.63) is 34.9 Å². The topological polar surface area (TPSA) is 41.1 Å². The highest BCUT2D eigenvalue weighted by Crippen LogP contribution is 2.13. The van der Waals surface area contributed by atoms with Crippen LogP contribution in [-0.2, 0) is 0 Å². The Bertz CT molecular complexity index is 442. The molecule has 1 aromatic rings. The molecular weight excluding hydrogens is 224 g/mol. The van der Waals surface area contributed by atoms with Crippen LogP contribution in [0.1, 0.15) is 34.8 Å². The van der Waals surface area contributed by atoms with Gasteiger partial charge in [-0.15, -0.1) is 0 Å². The summed E-state index contributed by atoms with van der Waals surface area (Å²) in [6, 6.07) is 6.12. The van der Waals surface area contributed by atoms with Crippen molar-refractivity contribution in [2.24, 2.45) is 5.92 Å². The van der Waals surface area contributed by atoms with E-state index in [1.165, 1.54) is 5.56 Å². The first-order valence-electron chi connectivity index (χ1n) is 6.67. The molecule has 1 heterocycles. The van der Waals surface area contributed by atoms with Crippen LogP contribution in [0.5, 0.6) is 0 Å². The van der Waals surface area contributed by atoms with Gasteiger partial charge in [-0.05, 0) is 56.0 Å². The quantitative estimate of drug-likeness (QED) is 0.838. The Kier molecular flexibility index (Phi) is 4.02. The molecule has 0 radical (unpaired) electrons. The van der Waals surface area contributed by atoms with Gasteiger partial charge in [-0.2, -0.15) is 0 Å². The molecule has 1 amide bonds. The average Bonchev–Trinajstić information content (AvgIpc) is 2.35. The lowest BCUT2D eigenvalue weighted by atomic mass is 9.94. The Balaban J connectivity index is 2.04. The molecule has 18 heavy (non-hydrogen) atoms. The number of amides is 1. The highest BCUT2D eigenvalue weighted by molar-refractivity contribution is 5.94. The second-order valence-electron chi connectivity index (χ2n) is 5.35. The zero-order valence-corrected chi connectivity index (χ0v) is 11.4. The van der Waals surface area contributed by atoms with Crippen molar-refractivity contribution in [1.82, 2.24) is 10.6 Å². The van der Waals surface area contributed by atoms with Crippen molar-refractivity contribution < 1.29 is 4.79 Å². The second-order valence-corrected chi connectivity index (χ2v) is 5.35. The van der Waals surface area contributed by atoms with Gasteiger partial charge >= 0.3 is 0 Å². The number of carbonyl (C=O) groups excluding carboxylic acids is 1. The van der Waals surface area contributed by atoms with E-state index in [-0.39, 0.29) is 11.9 Å². The third kappa shape index (κ3) is 2.91. The summed E-state index contributed by atoms with van der Waals surface area (Å²) in [5, 5.41) is 6.46. The summed E-state index contributed by atoms with van der Waals surface area (Å²) < 4.78 is 0. The van der Waals surface area contributed by atoms with Gasteiger partial charge in [-0.1, -0.05) is 13.0 Å². The maximum absolute atomic E-state index is 12.2. The van der Waals surface area contributed by atoms with E-state index in [0.717, 1.165) is 30.6 Å². The SMILES string of the molecule is Cc1ccc(C(=O)N[C@H]2CNCC[C@@H]2C)cc1C. The number of rotatable bonds is 2. The molecule has 1 aliphatic rings. The maximum Gasteiger partial charge on any atom is 0.251 e. The minimum atomic E-state index is 0.0404. The maximum atomic E-state index is 12.2. The summed E-state index contributed by atoms with van der Waals surface area (Å²) in [4.78, 5) is 12.2. The molecule has 1 fully saturated rings. The normalized spacial score (nSPS) is 23.7. The van der Waals surface area contributed by atoms with Crippen molar-refractivity contribution in [2.75, 3.05) is 13.1 Å². The van der Waals surface area contributed by atoms with Crippen molar-refractivity contribution in [3.63, 3.8) is 0 Å². The summed E-state index contributed by atoms with van der Waals surface area (Å²) in [5.74, 6) is 0.584. The summed E-state index contributed by atoms with van der Waals surface area (Å²) in [5.41, 5.74) is 3.15. The van der Waals surface area contributed by atoms with Gasteiger partial charge in [0.25, 0.3) is 5.91 Å². The average molecular weight is 246 g/mol. The van der Waals surface area contributed by atoms with Crippen LogP contribution in [0.4, 0.5) is 0 Å². The van der Waals surface area contributed by atoms with Crippen LogP contribution >= 0.6 is 0 Å². The van der Waals surface area contributed by atoms with Crippen molar-refractivity contribution in [2.45, 2.75) is 33.2 Å². The van der Waals surface area contributed by atoms with Crippen LogP contribution in [0.3, 0.4) is 0 Å². The van der Waals surface area contributed by atoms with E-state index < -0.39 is 0 Å². The van der Waals surface area contributed by atoms with E-state index in [9.17, 15) is 4.79 Å². The predicted molar refractivity (Wildman–Crippen MR) is 73.8 cm³/mol. The molecule has 2 rings (SSSR count). The molecule has 1 aromatic carbocycles. The number of nitrogens with one attached hydrogen (secondary N) is 2. The third-order valence-corrected chi connectivity index (χ3v) is 3.91. The van der Waals surface area contributed by atoms with Gasteiger partial charge in [0.05, 0.1) is 0 Å². The van der Waals surface area contributed by atoms with Crippen LogP contribution in [0.2, 0.25) is 0 Å². The molecule has 0 unspecified atom stereocenters. The minimum absolute atomic E-state index is 0.0404. The minimum Gasteiger partial charge on any atom is -0.348 e. The van der Waals surface area contributed by atoms with E-state index in [4.69, 9.17) is 0 Å². The molecule has 1 aliphatic heterocycles. The van der Waals surface area contributed by atoms with Gasteiger partial charge in [-0.3, -0.25) is 4.79 Å². The molecule has 0 saturated carbocycles. The fourth-order valence-corrected chi connectivity index (χ4v) is 2.32. The second kappa shape index (κ2) is 5.53. The smallest absolute Gasteiger partial charge is 0.251 e. The van der Waals surface area contributed by atoms with Crippen molar-refractivity contribution >= 4 is 5.91 Å². The van der Waals surface area contributed by atoms with Crippen molar-refractivity contribution in [1.29, 1.82) is 0 Å². The van der Waals surface area contributed by atoms with E-state index in [1.54, 1.807) is 0 Å². The molecule has 0 aliphatic carbocycles. The van der Waals surface area contributed by atoms with Gasteiger partial charge in [-0.25, -0.2) is 0 Å². The number of carbonyl (C=O) groups is 1. The number of hydrogen-bond acceptors (Lipinski definition) is 2. The molecule has 3 nitrogen and oxygen atoms in total. The van der Waals surface area contributed by atoms with E-state index >= 15 is 0 Å². The molecule has 0 bridgehead atoms. The monoisotopic (exact) mass is 246 g/mol. The largest absolute Gasteiger partial charge is 0.348 e. The summed E-state index contributed by atoms with van der Waals surface area (Å²) >= 11 is 0. The highest BCUT2D eigenvalue weighted by Gasteiger charge is 2.22. The molecule has 98 valence electrons. The van der Waals surface area contributed by atoms with Gasteiger partial charge in [0, 0.05) is 18.2 Å². The zero-order valence-electron chi connectivity index (χ0n) is 11.4. The van der Waals surface area contributed by atoms with E-state index in [0.29, 0.717) is 5.92 Å². The summed E-state index contributed by atoms with van der Waals surface area (Å²) in [7, 11) is 0. The molecule has 0 spiro atoms. The zero-order chi connectivity index (χ0) is 13.1. The van der Waals surface area contributed by atoms with E-state index in [2.05, 4.69) is 24.5 Å². The Morgan fingerprint density at radius 2 is 2.11 bits per heavy atom. The Morgan fingerprint density at radius 3 is 2.78 bits per heavy atom. The predicted octanol–water partition coefficient (Wildman–Crippen LogP) is 2.03. The van der Waals surface area contributed by atoms with Crippen molar-refractivity contribution in [3.8, 4) is 0 Å².